The van der Waals surface area contributed by atoms with Crippen molar-refractivity contribution in [2.45, 2.75) is 51.2 Å². The Bertz CT molecular complexity index is 782. The Kier molecular flexibility index (Phi) is 10.3. The summed E-state index contributed by atoms with van der Waals surface area (Å²) in [6.45, 7) is 0.767. The molecule has 7 N–H and O–H groups in total. The van der Waals surface area contributed by atoms with Crippen LogP contribution in [0.4, 0.5) is 0 Å². The van der Waals surface area contributed by atoms with E-state index in [1.807, 2.05) is 24.3 Å². The Morgan fingerprint density at radius 2 is 2.03 bits per heavy atom. The molecule has 1 atom stereocenters. The second-order valence-electron chi connectivity index (χ2n) is 7.80. The minimum atomic E-state index is -1.15. The molecule has 11 heteroatoms. The number of methoxy groups -OCH3 is 1. The molecule has 2 rings (SSSR count). The summed E-state index contributed by atoms with van der Waals surface area (Å²) < 4.78 is 10.3. The van der Waals surface area contributed by atoms with Crippen molar-refractivity contribution >= 4 is 25.5 Å². The van der Waals surface area contributed by atoms with Gasteiger partial charge in [-0.15, -0.1) is 0 Å². The van der Waals surface area contributed by atoms with Gasteiger partial charge in [0.2, 0.25) is 11.8 Å². The van der Waals surface area contributed by atoms with Gasteiger partial charge in [0.15, 0.2) is 5.96 Å². The van der Waals surface area contributed by atoms with Crippen LogP contribution in [0, 0.1) is 5.41 Å². The van der Waals surface area contributed by atoms with E-state index in [1.165, 1.54) is 0 Å². The Morgan fingerprint density at radius 1 is 1.28 bits per heavy atom. The highest BCUT2D eigenvalue weighted by Gasteiger charge is 2.48. The molecule has 10 nitrogen and oxygen atoms in total. The Hall–Kier alpha value is -2.79. The molecule has 32 heavy (non-hydrogen) atoms. The van der Waals surface area contributed by atoms with E-state index >= 15 is 0 Å². The molecule has 1 saturated carbocycles. The fraction of sp³-hybridized carbons (Fsp3) is 0.571. The molecule has 175 valence electrons. The van der Waals surface area contributed by atoms with E-state index in [4.69, 9.17) is 25.9 Å². The molecule has 1 aliphatic rings. The van der Waals surface area contributed by atoms with E-state index in [-0.39, 0.29) is 11.9 Å². The van der Waals surface area contributed by atoms with Crippen LogP contribution in [0.3, 0.4) is 0 Å². The number of nitrogens with two attached hydrogens (primary N) is 2. The second kappa shape index (κ2) is 12.9. The number of aliphatic imine (C=N–C) groups is 1. The van der Waals surface area contributed by atoms with Crippen LogP contribution in [0.2, 0.25) is 0 Å². The number of hydrogen-bond donors (Lipinski definition) is 5. The number of guanidine groups is 1. The van der Waals surface area contributed by atoms with Gasteiger partial charge in [0.05, 0.1) is 7.11 Å². The third kappa shape index (κ3) is 7.42. The molecule has 0 bridgehead atoms. The van der Waals surface area contributed by atoms with Crippen molar-refractivity contribution < 1.29 is 24.0 Å². The van der Waals surface area contributed by atoms with Gasteiger partial charge in [-0.25, -0.2) is 0 Å². The summed E-state index contributed by atoms with van der Waals surface area (Å²) in [5.41, 5.74) is 10.5. The number of carbonyl (C=O) groups is 2. The van der Waals surface area contributed by atoms with Gasteiger partial charge in [-0.2, -0.15) is 0 Å². The number of rotatable bonds is 13. The average Bonchev–Trinajstić information content (AvgIpc) is 3.28. The van der Waals surface area contributed by atoms with Gasteiger partial charge in [0, 0.05) is 13.1 Å². The first-order valence-electron chi connectivity index (χ1n) is 10.8. The minimum Gasteiger partial charge on any atom is -0.497 e. The maximum absolute atomic E-state index is 13.1. The van der Waals surface area contributed by atoms with Gasteiger partial charge in [-0.1, -0.05) is 25.0 Å². The highest BCUT2D eigenvalue weighted by atomic mass is 16.5. The summed E-state index contributed by atoms with van der Waals surface area (Å²) in [6, 6.07) is 7.63. The highest BCUT2D eigenvalue weighted by molar-refractivity contribution is 6.16. The third-order valence-corrected chi connectivity index (χ3v) is 5.60. The number of benzene rings is 1. The zero-order chi connectivity index (χ0) is 23.4. The normalized spacial score (nSPS) is 15.4. The topological polar surface area (TPSA) is 161 Å². The van der Waals surface area contributed by atoms with Crippen LogP contribution in [-0.4, -0.2) is 56.9 Å². The first-order chi connectivity index (χ1) is 15.4. The van der Waals surface area contributed by atoms with E-state index in [9.17, 15) is 9.59 Å². The maximum Gasteiger partial charge on any atom is 0.486 e. The van der Waals surface area contributed by atoms with Gasteiger partial charge in [0.25, 0.3) is 0 Å². The van der Waals surface area contributed by atoms with E-state index in [1.54, 1.807) is 7.11 Å². The summed E-state index contributed by atoms with van der Waals surface area (Å²) in [4.78, 5) is 30.1. The lowest BCUT2D eigenvalue weighted by Gasteiger charge is -2.29. The van der Waals surface area contributed by atoms with Gasteiger partial charge in [0.1, 0.15) is 17.4 Å². The van der Waals surface area contributed by atoms with Gasteiger partial charge in [-0.3, -0.25) is 14.6 Å². The van der Waals surface area contributed by atoms with Crippen LogP contribution in [-0.2, 0) is 20.7 Å². The lowest BCUT2D eigenvalue weighted by atomic mass is 9.83. The van der Waals surface area contributed by atoms with E-state index in [0.717, 1.165) is 24.2 Å². The molecule has 0 aliphatic heterocycles. The number of nitrogens with one attached hydrogen (secondary N) is 2. The molecule has 0 spiro atoms. The zero-order valence-electron chi connectivity index (χ0n) is 18.5. The number of hydrogen-bond acceptors (Lipinski definition) is 6. The van der Waals surface area contributed by atoms with E-state index in [2.05, 4.69) is 15.6 Å². The van der Waals surface area contributed by atoms with Crippen molar-refractivity contribution in [3.8, 4) is 5.75 Å². The first-order valence-corrected chi connectivity index (χ1v) is 10.8. The quantitative estimate of drug-likeness (QED) is 0.0709. The molecule has 1 aromatic rings. The molecule has 0 heterocycles. The predicted octanol–water partition coefficient (Wildman–Crippen LogP) is -0.0467. The summed E-state index contributed by atoms with van der Waals surface area (Å²) in [7, 11) is 2.14. The molecule has 0 unspecified atom stereocenters. The molecule has 0 aromatic heterocycles. The molecule has 1 fully saturated rings. The molecular formula is C21H33BN5O5. The monoisotopic (exact) mass is 446 g/mol. The number of amides is 2. The van der Waals surface area contributed by atoms with E-state index < -0.39 is 17.6 Å². The molecule has 2 amide bonds. The van der Waals surface area contributed by atoms with Crippen LogP contribution in [0.15, 0.2) is 29.3 Å². The number of ether oxygens (including phenoxy) is 1. The Labute approximate surface area is 189 Å². The average molecular weight is 446 g/mol. The Morgan fingerprint density at radius 3 is 2.69 bits per heavy atom. The Balaban J connectivity index is 1.94. The fourth-order valence-electron chi connectivity index (χ4n) is 3.87. The van der Waals surface area contributed by atoms with E-state index in [0.29, 0.717) is 52.9 Å². The van der Waals surface area contributed by atoms with Gasteiger partial charge >= 0.3 is 7.69 Å². The van der Waals surface area contributed by atoms with Gasteiger partial charge in [-0.05, 0) is 49.8 Å². The van der Waals surface area contributed by atoms with Crippen molar-refractivity contribution in [3.63, 3.8) is 0 Å². The maximum atomic E-state index is 13.1. The number of nitrogens with zero attached hydrogens (tertiary/aromatic N) is 1. The van der Waals surface area contributed by atoms with Crippen LogP contribution in [0.25, 0.3) is 0 Å². The summed E-state index contributed by atoms with van der Waals surface area (Å²) >= 11 is 0. The number of carbonyl (C=O) groups excluding carboxylic acids is 2. The predicted molar refractivity (Wildman–Crippen MR) is 122 cm³/mol. The first kappa shape index (κ1) is 25.5. The fourth-order valence-corrected chi connectivity index (χ4v) is 3.87. The molecule has 1 aliphatic carbocycles. The van der Waals surface area contributed by atoms with Crippen LogP contribution in [0.5, 0.6) is 5.75 Å². The van der Waals surface area contributed by atoms with Crippen molar-refractivity contribution in [2.75, 3.05) is 20.2 Å². The molecule has 1 aromatic carbocycles. The van der Waals surface area contributed by atoms with Crippen molar-refractivity contribution in [1.82, 2.24) is 10.6 Å². The summed E-state index contributed by atoms with van der Waals surface area (Å²) in [6.07, 6.45) is 3.24. The van der Waals surface area contributed by atoms with Crippen molar-refractivity contribution in [1.29, 1.82) is 0 Å². The zero-order valence-corrected chi connectivity index (χ0v) is 18.5. The molecule has 1 radical (unpaired) electrons. The summed E-state index contributed by atoms with van der Waals surface area (Å²) in [5.74, 6) is 0.0491. The highest BCUT2D eigenvalue weighted by Crippen LogP contribution is 2.39. The van der Waals surface area contributed by atoms with Crippen LogP contribution in [0.1, 0.15) is 44.1 Å². The SMILES string of the molecule is COc1cccc(CCNC(=O)C2(C(=O)N[C@@H](CCCN=C(N)N)O[B]O)CCCC2)c1. The van der Waals surface area contributed by atoms with Crippen LogP contribution >= 0.6 is 0 Å². The van der Waals surface area contributed by atoms with Crippen molar-refractivity contribution in [2.24, 2.45) is 21.9 Å². The van der Waals surface area contributed by atoms with Gasteiger partial charge < -0.3 is 36.5 Å². The smallest absolute Gasteiger partial charge is 0.486 e. The minimum absolute atomic E-state index is 0.0178. The third-order valence-electron chi connectivity index (χ3n) is 5.60. The lowest BCUT2D eigenvalue weighted by molar-refractivity contribution is -0.145. The standard InChI is InChI=1S/C21H33BN5O5/c1-31-16-7-4-6-15(14-16)9-13-25-18(28)21(10-2-3-11-21)19(29)27-17(32-22-30)8-5-12-26-20(23)24/h4,6-7,14,17,30H,2-3,5,8-13H2,1H3,(H,25,28)(H,27,29)(H4,23,24,26)/t17-/m1/s1. The largest absolute Gasteiger partial charge is 0.497 e. The van der Waals surface area contributed by atoms with Crippen molar-refractivity contribution in [3.05, 3.63) is 29.8 Å². The summed E-state index contributed by atoms with van der Waals surface area (Å²) in [5, 5.41) is 14.7. The second-order valence-corrected chi connectivity index (χ2v) is 7.80. The molecular weight excluding hydrogens is 413 g/mol. The lowest BCUT2D eigenvalue weighted by Crippen LogP contribution is -2.53. The van der Waals surface area contributed by atoms with Crippen LogP contribution < -0.4 is 26.8 Å². The molecule has 0 saturated heterocycles.